The van der Waals surface area contributed by atoms with Crippen LogP contribution in [0.4, 0.5) is 20.6 Å². The Morgan fingerprint density at radius 1 is 1.00 bits per heavy atom. The lowest BCUT2D eigenvalue weighted by molar-refractivity contribution is 0.194. The van der Waals surface area contributed by atoms with E-state index in [9.17, 15) is 9.18 Å². The molecule has 3 rings (SSSR count). The van der Waals surface area contributed by atoms with E-state index in [1.165, 1.54) is 17.4 Å². The maximum absolute atomic E-state index is 13.7. The van der Waals surface area contributed by atoms with Gasteiger partial charge in [-0.05, 0) is 56.2 Å². The third kappa shape index (κ3) is 5.40. The van der Waals surface area contributed by atoms with Gasteiger partial charge in [0.2, 0.25) is 0 Å². The first-order valence-corrected chi connectivity index (χ1v) is 10.5. The number of hydrogen-bond donors (Lipinski definition) is 1. The maximum Gasteiger partial charge on any atom is 0.317 e. The molecule has 0 aliphatic carbocycles. The fourth-order valence-electron chi connectivity index (χ4n) is 3.75. The lowest BCUT2D eigenvalue weighted by atomic mass is 10.1. The van der Waals surface area contributed by atoms with Gasteiger partial charge in [0.25, 0.3) is 0 Å². The van der Waals surface area contributed by atoms with Gasteiger partial charge in [0, 0.05) is 57.2 Å². The lowest BCUT2D eigenvalue weighted by Crippen LogP contribution is -2.52. The molecule has 6 heteroatoms. The summed E-state index contributed by atoms with van der Waals surface area (Å²) >= 11 is 0. The molecule has 29 heavy (non-hydrogen) atoms. The molecule has 1 N–H and O–H groups in total. The Hall–Kier alpha value is -2.76. The van der Waals surface area contributed by atoms with Crippen molar-refractivity contribution >= 4 is 17.4 Å². The molecule has 1 fully saturated rings. The number of anilines is 2. The summed E-state index contributed by atoms with van der Waals surface area (Å²) < 4.78 is 13.7. The van der Waals surface area contributed by atoms with Gasteiger partial charge in [0.15, 0.2) is 0 Å². The Morgan fingerprint density at radius 2 is 1.66 bits per heavy atom. The van der Waals surface area contributed by atoms with Gasteiger partial charge < -0.3 is 20.0 Å². The third-order valence-electron chi connectivity index (χ3n) is 5.54. The van der Waals surface area contributed by atoms with Crippen LogP contribution < -0.4 is 15.1 Å². The van der Waals surface area contributed by atoms with Gasteiger partial charge in [-0.2, -0.15) is 0 Å². The second-order valence-corrected chi connectivity index (χ2v) is 7.24. The van der Waals surface area contributed by atoms with Crippen molar-refractivity contribution in [3.8, 4) is 0 Å². The van der Waals surface area contributed by atoms with Gasteiger partial charge in [-0.3, -0.25) is 0 Å². The number of hydrogen-bond acceptors (Lipinski definition) is 3. The summed E-state index contributed by atoms with van der Waals surface area (Å²) in [4.78, 5) is 18.9. The second-order valence-electron chi connectivity index (χ2n) is 7.24. The molecular weight excluding hydrogens is 367 g/mol. The average Bonchev–Trinajstić information content (AvgIpc) is 2.76. The molecule has 0 saturated carbocycles. The number of benzene rings is 2. The molecule has 1 heterocycles. The summed E-state index contributed by atoms with van der Waals surface area (Å²) in [5.74, 6) is -0.220. The number of halogens is 1. The maximum atomic E-state index is 13.7. The van der Waals surface area contributed by atoms with E-state index in [-0.39, 0.29) is 11.8 Å². The van der Waals surface area contributed by atoms with Gasteiger partial charge in [0.1, 0.15) is 5.82 Å². The molecule has 1 saturated heterocycles. The first-order chi connectivity index (χ1) is 14.1. The topological polar surface area (TPSA) is 38.8 Å². The Labute approximate surface area is 173 Å². The molecule has 0 spiro atoms. The normalized spacial score (nSPS) is 14.0. The standard InChI is InChI=1S/C23H31FN4O/c1-3-26(4-2)20-9-11-21(12-10-20)27-15-17-28(18-16-27)23(29)25-14-13-19-7-5-6-8-22(19)24/h5-12H,3-4,13-18H2,1-2H3,(H,25,29). The highest BCUT2D eigenvalue weighted by atomic mass is 19.1. The Morgan fingerprint density at radius 3 is 2.28 bits per heavy atom. The summed E-state index contributed by atoms with van der Waals surface area (Å²) in [5, 5.41) is 2.91. The average molecular weight is 399 g/mol. The van der Waals surface area contributed by atoms with E-state index in [0.29, 0.717) is 31.6 Å². The number of urea groups is 1. The van der Waals surface area contributed by atoms with Crippen LogP contribution in [0.1, 0.15) is 19.4 Å². The van der Waals surface area contributed by atoms with Crippen molar-refractivity contribution < 1.29 is 9.18 Å². The van der Waals surface area contributed by atoms with Crippen molar-refractivity contribution in [1.82, 2.24) is 10.2 Å². The fraction of sp³-hybridized carbons (Fsp3) is 0.435. The summed E-state index contributed by atoms with van der Waals surface area (Å²) in [6.07, 6.45) is 0.497. The van der Waals surface area contributed by atoms with Crippen molar-refractivity contribution in [1.29, 1.82) is 0 Å². The van der Waals surface area contributed by atoms with Crippen LogP contribution in [0.25, 0.3) is 0 Å². The zero-order valence-corrected chi connectivity index (χ0v) is 17.4. The SMILES string of the molecule is CCN(CC)c1ccc(N2CCN(C(=O)NCCc3ccccc3F)CC2)cc1. The molecule has 1 aliphatic rings. The Kier molecular flexibility index (Phi) is 7.33. The van der Waals surface area contributed by atoms with E-state index in [1.54, 1.807) is 12.1 Å². The van der Waals surface area contributed by atoms with Crippen LogP contribution >= 0.6 is 0 Å². The molecule has 5 nitrogen and oxygen atoms in total. The van der Waals surface area contributed by atoms with Crippen LogP contribution in [0.15, 0.2) is 48.5 Å². The number of nitrogens with zero attached hydrogens (tertiary/aromatic N) is 3. The molecule has 2 aromatic rings. The van der Waals surface area contributed by atoms with E-state index >= 15 is 0 Å². The minimum absolute atomic E-state index is 0.0714. The zero-order valence-electron chi connectivity index (χ0n) is 17.4. The van der Waals surface area contributed by atoms with Crippen LogP contribution in [0.2, 0.25) is 0 Å². The van der Waals surface area contributed by atoms with E-state index in [4.69, 9.17) is 0 Å². The van der Waals surface area contributed by atoms with Crippen molar-refractivity contribution in [2.45, 2.75) is 20.3 Å². The van der Waals surface area contributed by atoms with Gasteiger partial charge in [0.05, 0.1) is 0 Å². The summed E-state index contributed by atoms with van der Waals surface area (Å²) in [7, 11) is 0. The minimum Gasteiger partial charge on any atom is -0.372 e. The summed E-state index contributed by atoms with van der Waals surface area (Å²) in [6, 6.07) is 15.3. The molecule has 2 aromatic carbocycles. The number of piperazine rings is 1. The molecule has 2 amide bonds. The number of carbonyl (C=O) groups excluding carboxylic acids is 1. The van der Waals surface area contributed by atoms with Crippen LogP contribution in [0, 0.1) is 5.82 Å². The highest BCUT2D eigenvalue weighted by molar-refractivity contribution is 5.74. The second kappa shape index (κ2) is 10.1. The van der Waals surface area contributed by atoms with Crippen molar-refractivity contribution in [3.05, 3.63) is 59.9 Å². The molecule has 0 atom stereocenters. The van der Waals surface area contributed by atoms with Crippen LogP contribution in [-0.2, 0) is 6.42 Å². The highest BCUT2D eigenvalue weighted by Gasteiger charge is 2.21. The third-order valence-corrected chi connectivity index (χ3v) is 5.54. The molecule has 156 valence electrons. The van der Waals surface area contributed by atoms with Crippen LogP contribution in [0.5, 0.6) is 0 Å². The molecule has 0 radical (unpaired) electrons. The van der Waals surface area contributed by atoms with Gasteiger partial charge >= 0.3 is 6.03 Å². The number of amides is 2. The van der Waals surface area contributed by atoms with Gasteiger partial charge in [-0.15, -0.1) is 0 Å². The smallest absolute Gasteiger partial charge is 0.317 e. The van der Waals surface area contributed by atoms with Gasteiger partial charge in [-0.25, -0.2) is 9.18 Å². The largest absolute Gasteiger partial charge is 0.372 e. The monoisotopic (exact) mass is 398 g/mol. The van der Waals surface area contributed by atoms with Crippen LogP contribution in [0.3, 0.4) is 0 Å². The highest BCUT2D eigenvalue weighted by Crippen LogP contribution is 2.22. The summed E-state index contributed by atoms with van der Waals surface area (Å²) in [6.45, 7) is 9.76. The quantitative estimate of drug-likeness (QED) is 0.772. The molecular formula is C23H31FN4O. The minimum atomic E-state index is -0.220. The van der Waals surface area contributed by atoms with Crippen molar-refractivity contribution in [2.24, 2.45) is 0 Å². The van der Waals surface area contributed by atoms with E-state index in [1.807, 2.05) is 11.0 Å². The van der Waals surface area contributed by atoms with Crippen LogP contribution in [-0.4, -0.2) is 56.7 Å². The molecule has 1 aliphatic heterocycles. The van der Waals surface area contributed by atoms with E-state index < -0.39 is 0 Å². The van der Waals surface area contributed by atoms with E-state index in [0.717, 1.165) is 26.2 Å². The zero-order chi connectivity index (χ0) is 20.6. The summed E-state index contributed by atoms with van der Waals surface area (Å²) in [5.41, 5.74) is 3.07. The number of rotatable bonds is 7. The first kappa shape index (κ1) is 21.0. The van der Waals surface area contributed by atoms with Gasteiger partial charge in [-0.1, -0.05) is 18.2 Å². The van der Waals surface area contributed by atoms with E-state index in [2.05, 4.69) is 53.2 Å². The van der Waals surface area contributed by atoms with Crippen molar-refractivity contribution in [2.75, 3.05) is 55.6 Å². The first-order valence-electron chi connectivity index (χ1n) is 10.5. The molecule has 0 aromatic heterocycles. The predicted molar refractivity (Wildman–Crippen MR) is 117 cm³/mol. The predicted octanol–water partition coefficient (Wildman–Crippen LogP) is 3.75. The molecule has 0 unspecified atom stereocenters. The lowest BCUT2D eigenvalue weighted by Gasteiger charge is -2.36. The Bertz CT molecular complexity index is 784. The fourth-order valence-corrected chi connectivity index (χ4v) is 3.75. The number of nitrogens with one attached hydrogen (secondary N) is 1. The molecule has 0 bridgehead atoms. The Balaban J connectivity index is 1.45. The number of carbonyl (C=O) groups is 1. The van der Waals surface area contributed by atoms with Crippen molar-refractivity contribution in [3.63, 3.8) is 0 Å².